The van der Waals surface area contributed by atoms with Crippen molar-refractivity contribution in [2.45, 2.75) is 383 Å². The van der Waals surface area contributed by atoms with Gasteiger partial charge >= 0.3 is 11.9 Å². The van der Waals surface area contributed by atoms with Crippen LogP contribution in [0.5, 0.6) is 0 Å². The Balaban J connectivity index is 1.87. The highest BCUT2D eigenvalue weighted by Crippen LogP contribution is 2.29. The van der Waals surface area contributed by atoms with E-state index in [1.54, 1.807) is 0 Å². The number of aliphatic hydroxyl groups is 8. The highest BCUT2D eigenvalue weighted by atomic mass is 16.7. The van der Waals surface area contributed by atoms with E-state index in [0.29, 0.717) is 19.4 Å². The monoisotopic (exact) mass is 1280 g/mol. The Morgan fingerprint density at radius 2 is 0.756 bits per heavy atom. The quantitative estimate of drug-likeness (QED) is 0.0160. The molecule has 2 saturated heterocycles. The molecule has 0 saturated carbocycles. The zero-order valence-corrected chi connectivity index (χ0v) is 56.9. The van der Waals surface area contributed by atoms with Gasteiger partial charge in [-0.05, 0) is 96.3 Å². The zero-order valence-electron chi connectivity index (χ0n) is 56.9. The summed E-state index contributed by atoms with van der Waals surface area (Å²) in [5, 5.41) is 86.8. The summed E-state index contributed by atoms with van der Waals surface area (Å²) < 4.78 is 40.4. The van der Waals surface area contributed by atoms with E-state index in [1.165, 1.54) is 135 Å². The van der Waals surface area contributed by atoms with Crippen molar-refractivity contribution in [2.75, 3.05) is 33.0 Å². The van der Waals surface area contributed by atoms with Crippen molar-refractivity contribution < 1.29 is 83.6 Å². The molecule has 13 atom stereocenters. The second kappa shape index (κ2) is 58.0. The lowest BCUT2D eigenvalue weighted by Gasteiger charge is -2.43. The van der Waals surface area contributed by atoms with Crippen LogP contribution in [0.25, 0.3) is 0 Å². The van der Waals surface area contributed by atoms with Crippen LogP contribution in [0.2, 0.25) is 0 Å². The lowest BCUT2D eigenvalue weighted by Crippen LogP contribution is -2.62. The van der Waals surface area contributed by atoms with Crippen molar-refractivity contribution in [3.05, 3.63) is 36.5 Å². The third-order valence-electron chi connectivity index (χ3n) is 17.4. The maximum absolute atomic E-state index is 13.1. The standard InChI is InChI=1S/C73H134O17/c1-4-7-10-13-16-19-22-25-28-31-34-37-40-43-46-49-52-84-56-61(57-86-64(76)53-59(74)50-47-44-41-38-35-32-29-26-23-20-17-14-11-8-5-2)88-73-71(83)69(81)67(79)63(90-73)58-87-72-70(82)68(80)66(78)62(89-72)54-65(77)85-55-60(75)51-48-45-42-39-36-33-30-27-24-21-18-15-12-9-6-3/h26-27,29-30,34,37,59-63,66-75,78-83H,4-25,28,31-33,35-36,38-58H2,1-3H3. The van der Waals surface area contributed by atoms with Gasteiger partial charge in [-0.25, -0.2) is 0 Å². The fourth-order valence-corrected chi connectivity index (χ4v) is 11.5. The van der Waals surface area contributed by atoms with Crippen LogP contribution < -0.4 is 0 Å². The zero-order chi connectivity index (χ0) is 65.5. The topological polar surface area (TPSA) is 261 Å². The highest BCUT2D eigenvalue weighted by Gasteiger charge is 2.48. The fraction of sp³-hybridized carbons (Fsp3) is 0.890. The van der Waals surface area contributed by atoms with Crippen molar-refractivity contribution in [1.29, 1.82) is 0 Å². The van der Waals surface area contributed by atoms with Gasteiger partial charge in [0, 0.05) is 6.61 Å². The number of aliphatic hydroxyl groups excluding tert-OH is 8. The summed E-state index contributed by atoms with van der Waals surface area (Å²) in [6, 6.07) is 0. The van der Waals surface area contributed by atoms with Gasteiger partial charge in [0.1, 0.15) is 62.0 Å². The van der Waals surface area contributed by atoms with Gasteiger partial charge in [-0.1, -0.05) is 231 Å². The predicted molar refractivity (Wildman–Crippen MR) is 357 cm³/mol. The summed E-state index contributed by atoms with van der Waals surface area (Å²) in [6.45, 7) is 5.82. The molecule has 13 unspecified atom stereocenters. The first-order chi connectivity index (χ1) is 43.8. The molecule has 0 radical (unpaired) electrons. The van der Waals surface area contributed by atoms with Gasteiger partial charge in [-0.2, -0.15) is 0 Å². The minimum Gasteiger partial charge on any atom is -0.463 e. The molecule has 17 heteroatoms. The largest absolute Gasteiger partial charge is 0.463 e. The van der Waals surface area contributed by atoms with E-state index in [2.05, 4.69) is 57.2 Å². The molecule has 0 spiro atoms. The summed E-state index contributed by atoms with van der Waals surface area (Å²) in [5.74, 6) is -1.46. The van der Waals surface area contributed by atoms with Gasteiger partial charge in [0.05, 0.1) is 44.4 Å². The SMILES string of the molecule is CCCCCCCCC=CCCCCCCCC(O)COC(=O)CC1OC(OCC2OC(OC(COCCCCCC=CCCCCCCCCCCC)COC(=O)CC(O)CCCCCCCC=CCCCCCCCC)C(O)C(O)C2O)C(O)C(O)C1O. The van der Waals surface area contributed by atoms with Gasteiger partial charge < -0.3 is 74.0 Å². The molecule has 2 aliphatic heterocycles. The first kappa shape index (κ1) is 83.7. The maximum Gasteiger partial charge on any atom is 0.308 e. The minimum absolute atomic E-state index is 0.0846. The molecule has 90 heavy (non-hydrogen) atoms. The lowest BCUT2D eigenvalue weighted by molar-refractivity contribution is -0.336. The van der Waals surface area contributed by atoms with E-state index in [4.69, 9.17) is 33.2 Å². The van der Waals surface area contributed by atoms with Gasteiger partial charge in [0.15, 0.2) is 12.6 Å². The Morgan fingerprint density at radius 1 is 0.389 bits per heavy atom. The fourth-order valence-electron chi connectivity index (χ4n) is 11.5. The van der Waals surface area contributed by atoms with Crippen molar-refractivity contribution in [1.82, 2.24) is 0 Å². The molecular weight excluding hydrogens is 1150 g/mol. The molecule has 0 aliphatic carbocycles. The van der Waals surface area contributed by atoms with Crippen LogP contribution in [0.15, 0.2) is 36.5 Å². The van der Waals surface area contributed by atoms with Crippen LogP contribution in [-0.4, -0.2) is 166 Å². The number of carbonyl (C=O) groups is 2. The van der Waals surface area contributed by atoms with Gasteiger partial charge in [-0.3, -0.25) is 9.59 Å². The van der Waals surface area contributed by atoms with E-state index in [-0.39, 0.29) is 26.2 Å². The number of allylic oxidation sites excluding steroid dienone is 6. The first-order valence-electron chi connectivity index (χ1n) is 36.7. The molecule has 0 aromatic carbocycles. The van der Waals surface area contributed by atoms with Crippen LogP contribution in [0.3, 0.4) is 0 Å². The molecular formula is C73H134O17. The van der Waals surface area contributed by atoms with Crippen molar-refractivity contribution in [3.8, 4) is 0 Å². The minimum atomic E-state index is -1.82. The van der Waals surface area contributed by atoms with E-state index < -0.39 is 105 Å². The van der Waals surface area contributed by atoms with Gasteiger partial charge in [0.25, 0.3) is 0 Å². The number of hydrogen-bond acceptors (Lipinski definition) is 17. The van der Waals surface area contributed by atoms with E-state index in [0.717, 1.165) is 122 Å². The van der Waals surface area contributed by atoms with Crippen LogP contribution >= 0.6 is 0 Å². The second-order valence-corrected chi connectivity index (χ2v) is 26.0. The van der Waals surface area contributed by atoms with Gasteiger partial charge in [-0.15, -0.1) is 0 Å². The molecule has 17 nitrogen and oxygen atoms in total. The average Bonchev–Trinajstić information content (AvgIpc) is 0.896. The Kier molecular flexibility index (Phi) is 54.0. The third kappa shape index (κ3) is 43.6. The molecule has 2 fully saturated rings. The normalized spacial score (nSPS) is 23.3. The maximum atomic E-state index is 13.1. The Labute approximate surface area is 545 Å². The summed E-state index contributed by atoms with van der Waals surface area (Å²) in [7, 11) is 0. The first-order valence-corrected chi connectivity index (χ1v) is 36.7. The third-order valence-corrected chi connectivity index (χ3v) is 17.4. The van der Waals surface area contributed by atoms with Crippen LogP contribution in [0.4, 0.5) is 0 Å². The highest BCUT2D eigenvalue weighted by molar-refractivity contribution is 5.70. The van der Waals surface area contributed by atoms with Crippen molar-refractivity contribution in [2.24, 2.45) is 0 Å². The molecule has 0 bridgehead atoms. The number of unbranched alkanes of at least 4 members (excludes halogenated alkanes) is 34. The number of hydrogen-bond donors (Lipinski definition) is 8. The average molecular weight is 1280 g/mol. The second-order valence-electron chi connectivity index (χ2n) is 26.0. The molecule has 528 valence electrons. The summed E-state index contributed by atoms with van der Waals surface area (Å²) >= 11 is 0. The molecule has 0 aromatic rings. The van der Waals surface area contributed by atoms with E-state index >= 15 is 0 Å². The lowest BCUT2D eigenvalue weighted by atomic mass is 9.96. The Bertz CT molecular complexity index is 1730. The molecule has 8 N–H and O–H groups in total. The smallest absolute Gasteiger partial charge is 0.308 e. The number of esters is 2. The van der Waals surface area contributed by atoms with Crippen LogP contribution in [0.1, 0.15) is 303 Å². The molecule has 0 amide bonds. The van der Waals surface area contributed by atoms with Crippen LogP contribution in [-0.2, 0) is 42.7 Å². The Hall–Kier alpha value is -2.36. The molecule has 2 aliphatic rings. The molecule has 0 aromatic heterocycles. The number of carbonyl (C=O) groups excluding carboxylic acids is 2. The van der Waals surface area contributed by atoms with E-state index in [9.17, 15) is 50.4 Å². The summed E-state index contributed by atoms with van der Waals surface area (Å²) in [6.07, 6.45) is 41.1. The van der Waals surface area contributed by atoms with Crippen LogP contribution in [0, 0.1) is 0 Å². The van der Waals surface area contributed by atoms with Crippen molar-refractivity contribution >= 4 is 11.9 Å². The van der Waals surface area contributed by atoms with Gasteiger partial charge in [0.2, 0.25) is 0 Å². The predicted octanol–water partition coefficient (Wildman–Crippen LogP) is 13.7. The summed E-state index contributed by atoms with van der Waals surface area (Å²) in [4.78, 5) is 26.0. The van der Waals surface area contributed by atoms with Crippen molar-refractivity contribution in [3.63, 3.8) is 0 Å². The Morgan fingerprint density at radius 3 is 1.21 bits per heavy atom. The summed E-state index contributed by atoms with van der Waals surface area (Å²) in [5.41, 5.74) is 0. The van der Waals surface area contributed by atoms with E-state index in [1.807, 2.05) is 0 Å². The number of ether oxygens (including phenoxy) is 7. The number of rotatable bonds is 61. The molecule has 2 heterocycles. The molecule has 2 rings (SSSR count).